The van der Waals surface area contributed by atoms with Gasteiger partial charge in [-0.1, -0.05) is 17.7 Å². The lowest BCUT2D eigenvalue weighted by Gasteiger charge is -2.41. The third-order valence-electron chi connectivity index (χ3n) is 4.73. The van der Waals surface area contributed by atoms with Crippen molar-refractivity contribution in [2.45, 2.75) is 12.1 Å². The number of aromatic nitrogens is 1. The van der Waals surface area contributed by atoms with Crippen LogP contribution in [0.3, 0.4) is 0 Å². The second-order valence-electron chi connectivity index (χ2n) is 6.30. The summed E-state index contributed by atoms with van der Waals surface area (Å²) in [4.78, 5) is 14.9. The van der Waals surface area contributed by atoms with E-state index in [-0.39, 0.29) is 12.5 Å². The van der Waals surface area contributed by atoms with Crippen molar-refractivity contribution in [1.29, 1.82) is 0 Å². The van der Waals surface area contributed by atoms with Crippen molar-refractivity contribution in [1.82, 2.24) is 9.47 Å². The first-order chi connectivity index (χ1) is 13.0. The van der Waals surface area contributed by atoms with Crippen molar-refractivity contribution in [3.05, 3.63) is 46.7 Å². The lowest BCUT2D eigenvalue weighted by Crippen LogP contribution is -2.49. The number of nitrogens with zero attached hydrogens (tertiary/aromatic N) is 2. The minimum Gasteiger partial charge on any atom is -0.493 e. The zero-order valence-corrected chi connectivity index (χ0v) is 16.3. The number of rotatable bonds is 5. The molecule has 0 spiro atoms. The van der Waals surface area contributed by atoms with Gasteiger partial charge in [-0.2, -0.15) is 0 Å². The fourth-order valence-electron chi connectivity index (χ4n) is 3.43. The Morgan fingerprint density at radius 3 is 2.63 bits per heavy atom. The Hall–Kier alpha value is -2.22. The van der Waals surface area contributed by atoms with Crippen LogP contribution in [0.1, 0.15) is 22.1 Å². The quantitative estimate of drug-likeness (QED) is 0.842. The molecule has 2 atom stereocenters. The minimum absolute atomic E-state index is 0.175. The Kier molecular flexibility index (Phi) is 5.94. The van der Waals surface area contributed by atoms with Gasteiger partial charge < -0.3 is 28.8 Å². The maximum atomic E-state index is 13.2. The van der Waals surface area contributed by atoms with Gasteiger partial charge >= 0.3 is 0 Å². The molecule has 7 nitrogen and oxygen atoms in total. The molecule has 1 aliphatic heterocycles. The monoisotopic (exact) mass is 394 g/mol. The summed E-state index contributed by atoms with van der Waals surface area (Å²) >= 11 is 6.04. The van der Waals surface area contributed by atoms with E-state index in [1.807, 2.05) is 6.07 Å². The number of carbonyl (C=O) groups is 1. The number of morpholine rings is 1. The van der Waals surface area contributed by atoms with Crippen molar-refractivity contribution >= 4 is 17.5 Å². The van der Waals surface area contributed by atoms with Crippen molar-refractivity contribution in [3.8, 4) is 11.5 Å². The Bertz CT molecular complexity index is 822. The molecule has 0 unspecified atom stereocenters. The van der Waals surface area contributed by atoms with Crippen LogP contribution in [0.5, 0.6) is 11.5 Å². The van der Waals surface area contributed by atoms with E-state index in [1.165, 1.54) is 0 Å². The summed E-state index contributed by atoms with van der Waals surface area (Å²) < 4.78 is 18.1. The number of ether oxygens (including phenoxy) is 3. The van der Waals surface area contributed by atoms with E-state index < -0.39 is 12.1 Å². The van der Waals surface area contributed by atoms with Gasteiger partial charge in [0.05, 0.1) is 38.5 Å². The fraction of sp³-hybridized carbons (Fsp3) is 0.421. The van der Waals surface area contributed by atoms with Gasteiger partial charge in [0, 0.05) is 19.8 Å². The molecular weight excluding hydrogens is 372 g/mol. The smallest absolute Gasteiger partial charge is 0.271 e. The van der Waals surface area contributed by atoms with Crippen LogP contribution in [-0.4, -0.2) is 60.6 Å². The average molecular weight is 395 g/mol. The summed E-state index contributed by atoms with van der Waals surface area (Å²) in [5.41, 5.74) is 1.27. The maximum Gasteiger partial charge on any atom is 0.271 e. The Morgan fingerprint density at radius 1 is 1.30 bits per heavy atom. The number of aliphatic hydroxyl groups is 1. The highest BCUT2D eigenvalue weighted by atomic mass is 35.5. The Balaban J connectivity index is 2.02. The molecule has 0 saturated carbocycles. The Morgan fingerprint density at radius 2 is 2.04 bits per heavy atom. The lowest BCUT2D eigenvalue weighted by atomic mass is 9.97. The molecule has 27 heavy (non-hydrogen) atoms. The Labute approximate surface area is 163 Å². The highest BCUT2D eigenvalue weighted by molar-refractivity contribution is 6.31. The SMILES string of the molecule is COc1ccc([C@@H]2[C@@H](CO)OCCN2C(=O)c2cc(Cl)cn2C)cc1OC. The van der Waals surface area contributed by atoms with E-state index >= 15 is 0 Å². The second-order valence-corrected chi connectivity index (χ2v) is 6.74. The van der Waals surface area contributed by atoms with Crippen molar-refractivity contribution in [2.24, 2.45) is 7.05 Å². The molecule has 2 heterocycles. The van der Waals surface area contributed by atoms with Crippen LogP contribution < -0.4 is 9.47 Å². The van der Waals surface area contributed by atoms with Gasteiger partial charge in [-0.25, -0.2) is 0 Å². The first-order valence-corrected chi connectivity index (χ1v) is 8.95. The van der Waals surface area contributed by atoms with E-state index in [2.05, 4.69) is 0 Å². The number of halogens is 1. The number of carbonyl (C=O) groups excluding carboxylic acids is 1. The van der Waals surface area contributed by atoms with Gasteiger partial charge in [0.1, 0.15) is 11.8 Å². The molecule has 0 radical (unpaired) electrons. The van der Waals surface area contributed by atoms with Gasteiger partial charge in [-0.05, 0) is 23.8 Å². The van der Waals surface area contributed by atoms with Crippen LogP contribution in [0.2, 0.25) is 5.02 Å². The molecule has 1 aliphatic rings. The summed E-state index contributed by atoms with van der Waals surface area (Å²) in [6.45, 7) is 0.534. The first-order valence-electron chi connectivity index (χ1n) is 8.57. The number of aliphatic hydroxyl groups excluding tert-OH is 1. The number of amides is 1. The molecule has 2 aromatic rings. The topological polar surface area (TPSA) is 73.2 Å². The summed E-state index contributed by atoms with van der Waals surface area (Å²) in [5.74, 6) is 0.961. The minimum atomic E-state index is -0.545. The molecule has 1 aromatic heterocycles. The molecule has 8 heteroatoms. The maximum absolute atomic E-state index is 13.2. The number of methoxy groups -OCH3 is 2. The van der Waals surface area contributed by atoms with Crippen LogP contribution in [0.15, 0.2) is 30.5 Å². The molecule has 1 N–H and O–H groups in total. The van der Waals surface area contributed by atoms with Crippen LogP contribution in [-0.2, 0) is 11.8 Å². The van der Waals surface area contributed by atoms with Crippen LogP contribution in [0.4, 0.5) is 0 Å². The highest BCUT2D eigenvalue weighted by Gasteiger charge is 2.37. The van der Waals surface area contributed by atoms with E-state index in [9.17, 15) is 9.90 Å². The molecule has 1 amide bonds. The standard InChI is InChI=1S/C19H23ClN2O5/c1-21-10-13(20)9-14(21)19(24)22-6-7-27-17(11-23)18(22)12-4-5-15(25-2)16(8-12)26-3/h4-5,8-10,17-18,23H,6-7,11H2,1-3H3/t17-,18-/m1/s1. The fourth-order valence-corrected chi connectivity index (χ4v) is 3.68. The van der Waals surface area contributed by atoms with Gasteiger partial charge in [0.15, 0.2) is 11.5 Å². The highest BCUT2D eigenvalue weighted by Crippen LogP contribution is 2.36. The molecule has 146 valence electrons. The van der Waals surface area contributed by atoms with Crippen molar-refractivity contribution in [3.63, 3.8) is 0 Å². The molecule has 3 rings (SSSR count). The molecule has 0 aliphatic carbocycles. The molecule has 1 aromatic carbocycles. The zero-order chi connectivity index (χ0) is 19.6. The van der Waals surface area contributed by atoms with E-state index in [0.29, 0.717) is 35.4 Å². The van der Waals surface area contributed by atoms with Crippen molar-refractivity contribution in [2.75, 3.05) is 34.0 Å². The van der Waals surface area contributed by atoms with Gasteiger partial charge in [0.25, 0.3) is 5.91 Å². The number of aryl methyl sites for hydroxylation is 1. The number of hydrogen-bond acceptors (Lipinski definition) is 5. The van der Waals surface area contributed by atoms with E-state index in [4.69, 9.17) is 25.8 Å². The van der Waals surface area contributed by atoms with Crippen molar-refractivity contribution < 1.29 is 24.1 Å². The zero-order valence-electron chi connectivity index (χ0n) is 15.5. The molecule has 1 saturated heterocycles. The normalized spacial score (nSPS) is 19.8. The van der Waals surface area contributed by atoms with Crippen LogP contribution >= 0.6 is 11.6 Å². The van der Waals surface area contributed by atoms with E-state index in [1.54, 1.807) is 55.1 Å². The number of benzene rings is 1. The van der Waals surface area contributed by atoms with Gasteiger partial charge in [-0.15, -0.1) is 0 Å². The molecular formula is C19H23ClN2O5. The largest absolute Gasteiger partial charge is 0.493 e. The lowest BCUT2D eigenvalue weighted by molar-refractivity contribution is -0.0813. The predicted molar refractivity (Wildman–Crippen MR) is 101 cm³/mol. The molecule has 1 fully saturated rings. The average Bonchev–Trinajstić information content (AvgIpc) is 3.04. The second kappa shape index (κ2) is 8.21. The summed E-state index contributed by atoms with van der Waals surface area (Å²) in [6.07, 6.45) is 1.14. The molecule has 0 bridgehead atoms. The third-order valence-corrected chi connectivity index (χ3v) is 4.94. The summed E-state index contributed by atoms with van der Waals surface area (Å²) in [7, 11) is 4.89. The van der Waals surface area contributed by atoms with Crippen LogP contribution in [0.25, 0.3) is 0 Å². The number of hydrogen-bond donors (Lipinski definition) is 1. The summed E-state index contributed by atoms with van der Waals surface area (Å²) in [6, 6.07) is 6.60. The van der Waals surface area contributed by atoms with Gasteiger partial charge in [-0.3, -0.25) is 4.79 Å². The van der Waals surface area contributed by atoms with E-state index in [0.717, 1.165) is 5.56 Å². The van der Waals surface area contributed by atoms with Crippen LogP contribution in [0, 0.1) is 0 Å². The summed E-state index contributed by atoms with van der Waals surface area (Å²) in [5, 5.41) is 10.3. The predicted octanol–water partition coefficient (Wildman–Crippen LogP) is 2.27. The third kappa shape index (κ3) is 3.76. The van der Waals surface area contributed by atoms with Gasteiger partial charge in [0.2, 0.25) is 0 Å². The first kappa shape index (κ1) is 19.5.